The lowest BCUT2D eigenvalue weighted by atomic mass is 9.81. The first kappa shape index (κ1) is 28.5. The highest BCUT2D eigenvalue weighted by Gasteiger charge is 2.44. The summed E-state index contributed by atoms with van der Waals surface area (Å²) < 4.78 is 63.0. The van der Waals surface area contributed by atoms with Gasteiger partial charge in [0, 0.05) is 17.6 Å². The van der Waals surface area contributed by atoms with Gasteiger partial charge in [0.05, 0.1) is 45.3 Å². The molecular formula is C26H32F3N3O4S2. The highest BCUT2D eigenvalue weighted by Crippen LogP contribution is 2.46. The Balaban J connectivity index is 1.40. The number of carbonyl (C=O) groups is 2. The SMILES string of the molecule is CCS(=O)(=O)c1ccc(CNC(=O)c2cc3c(s2)C(C(C)C)N(C[C@H]2CC[C@H](C(F)(F)F)CC2)C3=O)nc1. The lowest BCUT2D eigenvalue weighted by Gasteiger charge is -2.35. The molecule has 1 fully saturated rings. The quantitative estimate of drug-likeness (QED) is 0.459. The molecule has 2 aromatic heterocycles. The average molecular weight is 572 g/mol. The van der Waals surface area contributed by atoms with Crippen molar-refractivity contribution in [3.05, 3.63) is 45.4 Å². The molecule has 1 saturated carbocycles. The predicted octanol–water partition coefficient (Wildman–Crippen LogP) is 5.39. The van der Waals surface area contributed by atoms with Crippen LogP contribution in [0.2, 0.25) is 0 Å². The lowest BCUT2D eigenvalue weighted by molar-refractivity contribution is -0.184. The number of carbonyl (C=O) groups excluding carboxylic acids is 2. The molecule has 208 valence electrons. The number of nitrogens with one attached hydrogen (secondary N) is 1. The fraction of sp³-hybridized carbons (Fsp3) is 0.577. The maximum absolute atomic E-state index is 13.3. The Kier molecular flexibility index (Phi) is 8.23. The number of nitrogens with zero attached hydrogens (tertiary/aromatic N) is 2. The van der Waals surface area contributed by atoms with Crippen molar-refractivity contribution < 1.29 is 31.2 Å². The molecule has 3 heterocycles. The van der Waals surface area contributed by atoms with E-state index >= 15 is 0 Å². The molecule has 7 nitrogen and oxygen atoms in total. The van der Waals surface area contributed by atoms with Crippen molar-refractivity contribution in [2.24, 2.45) is 17.8 Å². The highest BCUT2D eigenvalue weighted by molar-refractivity contribution is 7.91. The van der Waals surface area contributed by atoms with Gasteiger partial charge in [-0.05, 0) is 55.7 Å². The van der Waals surface area contributed by atoms with Gasteiger partial charge in [0.15, 0.2) is 9.84 Å². The zero-order valence-corrected chi connectivity index (χ0v) is 23.2. The molecule has 1 N–H and O–H groups in total. The van der Waals surface area contributed by atoms with Gasteiger partial charge in [-0.25, -0.2) is 8.42 Å². The van der Waals surface area contributed by atoms with Crippen molar-refractivity contribution in [3.8, 4) is 0 Å². The fourth-order valence-corrected chi connectivity index (χ4v) is 7.44. The minimum atomic E-state index is -4.16. The van der Waals surface area contributed by atoms with Gasteiger partial charge < -0.3 is 10.2 Å². The van der Waals surface area contributed by atoms with Crippen LogP contribution in [0.4, 0.5) is 13.2 Å². The zero-order valence-electron chi connectivity index (χ0n) is 21.5. The number of amides is 2. The molecule has 4 rings (SSSR count). The van der Waals surface area contributed by atoms with Gasteiger partial charge in [0.1, 0.15) is 0 Å². The molecule has 0 spiro atoms. The summed E-state index contributed by atoms with van der Waals surface area (Å²) in [5.41, 5.74) is 0.982. The molecule has 12 heteroatoms. The number of halogens is 3. The van der Waals surface area contributed by atoms with Crippen LogP contribution in [0, 0.1) is 17.8 Å². The molecule has 0 saturated heterocycles. The third-order valence-corrected chi connectivity index (χ3v) is 10.4. The number of hydrogen-bond donors (Lipinski definition) is 1. The summed E-state index contributed by atoms with van der Waals surface area (Å²) in [6.07, 6.45) is -1.80. The number of pyridine rings is 1. The Bertz CT molecular complexity index is 1280. The first-order chi connectivity index (χ1) is 17.8. The summed E-state index contributed by atoms with van der Waals surface area (Å²) in [7, 11) is -3.36. The van der Waals surface area contributed by atoms with Crippen molar-refractivity contribution in [2.75, 3.05) is 12.3 Å². The molecule has 0 bridgehead atoms. The maximum Gasteiger partial charge on any atom is 0.391 e. The monoisotopic (exact) mass is 571 g/mol. The Morgan fingerprint density at radius 2 is 1.89 bits per heavy atom. The molecular weight excluding hydrogens is 539 g/mol. The van der Waals surface area contributed by atoms with Crippen LogP contribution >= 0.6 is 11.3 Å². The molecule has 1 unspecified atom stereocenters. The zero-order chi connectivity index (χ0) is 27.8. The summed E-state index contributed by atoms with van der Waals surface area (Å²) in [4.78, 5) is 33.4. The van der Waals surface area contributed by atoms with E-state index in [2.05, 4.69) is 10.3 Å². The van der Waals surface area contributed by atoms with Gasteiger partial charge in [-0.1, -0.05) is 20.8 Å². The Hall–Kier alpha value is -2.47. The van der Waals surface area contributed by atoms with Crippen molar-refractivity contribution in [1.82, 2.24) is 15.2 Å². The van der Waals surface area contributed by atoms with E-state index in [1.165, 1.54) is 23.6 Å². The molecule has 1 aliphatic heterocycles. The molecule has 2 amide bonds. The molecule has 0 aromatic carbocycles. The van der Waals surface area contributed by atoms with Crippen LogP contribution in [-0.2, 0) is 16.4 Å². The molecule has 0 radical (unpaired) electrons. The second-order valence-electron chi connectivity index (χ2n) is 10.4. The Labute approximate surface area is 224 Å². The van der Waals surface area contributed by atoms with E-state index in [9.17, 15) is 31.2 Å². The summed E-state index contributed by atoms with van der Waals surface area (Å²) in [6, 6.07) is 4.38. The Morgan fingerprint density at radius 3 is 2.45 bits per heavy atom. The van der Waals surface area contributed by atoms with Crippen molar-refractivity contribution >= 4 is 33.0 Å². The van der Waals surface area contributed by atoms with Crippen LogP contribution in [0.15, 0.2) is 29.3 Å². The minimum Gasteiger partial charge on any atom is -0.346 e. The van der Waals surface area contributed by atoms with E-state index in [1.54, 1.807) is 24.0 Å². The van der Waals surface area contributed by atoms with Crippen molar-refractivity contribution in [1.29, 1.82) is 0 Å². The first-order valence-corrected chi connectivity index (χ1v) is 15.3. The molecule has 1 aliphatic carbocycles. The van der Waals surface area contributed by atoms with Crippen molar-refractivity contribution in [2.45, 2.75) is 70.1 Å². The van der Waals surface area contributed by atoms with Gasteiger partial charge in [0.2, 0.25) is 0 Å². The van der Waals surface area contributed by atoms with E-state index in [0.717, 1.165) is 4.88 Å². The van der Waals surface area contributed by atoms with Crippen LogP contribution in [0.25, 0.3) is 0 Å². The van der Waals surface area contributed by atoms with Crippen molar-refractivity contribution in [3.63, 3.8) is 0 Å². The fourth-order valence-electron chi connectivity index (χ4n) is 5.26. The highest BCUT2D eigenvalue weighted by atomic mass is 32.2. The van der Waals surface area contributed by atoms with Gasteiger partial charge in [0.25, 0.3) is 11.8 Å². The number of aromatic nitrogens is 1. The van der Waals surface area contributed by atoms with E-state index in [1.807, 2.05) is 13.8 Å². The van der Waals surface area contributed by atoms with E-state index in [0.29, 0.717) is 35.5 Å². The number of hydrogen-bond acceptors (Lipinski definition) is 6. The topological polar surface area (TPSA) is 96.4 Å². The lowest BCUT2D eigenvalue weighted by Crippen LogP contribution is -2.37. The molecule has 38 heavy (non-hydrogen) atoms. The van der Waals surface area contributed by atoms with Crippen LogP contribution in [-0.4, -0.2) is 48.6 Å². The van der Waals surface area contributed by atoms with E-state index < -0.39 is 21.9 Å². The normalized spacial score (nSPS) is 22.1. The van der Waals surface area contributed by atoms with Gasteiger partial charge in [-0.3, -0.25) is 14.6 Å². The second kappa shape index (κ2) is 11.0. The summed E-state index contributed by atoms with van der Waals surface area (Å²) >= 11 is 1.26. The van der Waals surface area contributed by atoms with Crippen LogP contribution in [0.5, 0.6) is 0 Å². The van der Waals surface area contributed by atoms with Gasteiger partial charge >= 0.3 is 6.18 Å². The second-order valence-corrected chi connectivity index (χ2v) is 13.7. The standard InChI is InChI=1S/C26H32F3N3O4S2/c1-4-38(35,36)19-10-9-18(30-13-19)12-31-24(33)21-11-20-23(37-21)22(15(2)3)32(25(20)34)14-16-5-7-17(8-6-16)26(27,28)29/h9-11,13,15-17,22H,4-8,12,14H2,1-3H3,(H,31,33)/t16-,17-,22?. The third-order valence-electron chi connectivity index (χ3n) is 7.44. The average Bonchev–Trinajstić information content (AvgIpc) is 3.41. The third kappa shape index (κ3) is 5.90. The van der Waals surface area contributed by atoms with E-state index in [4.69, 9.17) is 0 Å². The smallest absolute Gasteiger partial charge is 0.346 e. The molecule has 2 aliphatic rings. The van der Waals surface area contributed by atoms with Crippen LogP contribution in [0.1, 0.15) is 83.1 Å². The number of fused-ring (bicyclic) bond motifs is 1. The predicted molar refractivity (Wildman–Crippen MR) is 138 cm³/mol. The molecule has 1 atom stereocenters. The first-order valence-electron chi connectivity index (χ1n) is 12.8. The van der Waals surface area contributed by atoms with Gasteiger partial charge in [-0.15, -0.1) is 11.3 Å². The number of rotatable bonds is 8. The van der Waals surface area contributed by atoms with Gasteiger partial charge in [-0.2, -0.15) is 13.2 Å². The largest absolute Gasteiger partial charge is 0.391 e. The summed E-state index contributed by atoms with van der Waals surface area (Å²) in [5.74, 6) is -1.72. The molecule has 2 aromatic rings. The van der Waals surface area contributed by atoms with E-state index in [-0.39, 0.29) is 59.7 Å². The number of sulfone groups is 1. The maximum atomic E-state index is 13.3. The van der Waals surface area contributed by atoms with Crippen LogP contribution < -0.4 is 5.32 Å². The number of thiophene rings is 1. The summed E-state index contributed by atoms with van der Waals surface area (Å²) in [6.45, 7) is 6.06. The van der Waals surface area contributed by atoms with Crippen LogP contribution in [0.3, 0.4) is 0 Å². The summed E-state index contributed by atoms with van der Waals surface area (Å²) in [5, 5.41) is 2.77. The Morgan fingerprint density at radius 1 is 1.21 bits per heavy atom. The minimum absolute atomic E-state index is 0.0273. The number of alkyl halides is 3.